The number of anilines is 2. The number of nitrogens with one attached hydrogen (secondary N) is 3. The minimum absolute atomic E-state index is 0.0610. The summed E-state index contributed by atoms with van der Waals surface area (Å²) in [7, 11) is 1.63. The lowest BCUT2D eigenvalue weighted by Gasteiger charge is -2.18. The number of likely N-dealkylation sites (N-methyl/N-ethyl adjacent to an activating group) is 1. The van der Waals surface area contributed by atoms with Gasteiger partial charge in [-0.15, -0.1) is 0 Å². The van der Waals surface area contributed by atoms with Gasteiger partial charge in [0.1, 0.15) is 24.0 Å². The molecule has 0 aliphatic rings. The monoisotopic (exact) mass is 279 g/mol. The van der Waals surface area contributed by atoms with E-state index in [1.807, 2.05) is 6.92 Å². The largest absolute Gasteiger partial charge is 0.370 e. The van der Waals surface area contributed by atoms with Crippen molar-refractivity contribution in [3.8, 4) is 0 Å². The van der Waals surface area contributed by atoms with E-state index in [-0.39, 0.29) is 11.9 Å². The van der Waals surface area contributed by atoms with Gasteiger partial charge in [-0.3, -0.25) is 4.79 Å². The molecule has 0 aliphatic carbocycles. The van der Waals surface area contributed by atoms with Crippen molar-refractivity contribution in [1.82, 2.24) is 15.3 Å². The zero-order valence-electron chi connectivity index (χ0n) is 12.8. The molecule has 1 rings (SSSR count). The second-order valence-corrected chi connectivity index (χ2v) is 4.71. The number of hydrogen-bond donors (Lipinski definition) is 3. The topological polar surface area (TPSA) is 78.9 Å². The third-order valence-electron chi connectivity index (χ3n) is 2.98. The first-order valence-corrected chi connectivity index (χ1v) is 7.19. The lowest BCUT2D eigenvalue weighted by Crippen LogP contribution is -2.35. The van der Waals surface area contributed by atoms with Crippen LogP contribution in [0.1, 0.15) is 39.2 Å². The number of nitrogens with zero attached hydrogens (tertiary/aromatic N) is 2. The third-order valence-corrected chi connectivity index (χ3v) is 2.98. The zero-order valence-corrected chi connectivity index (χ0v) is 12.8. The summed E-state index contributed by atoms with van der Waals surface area (Å²) in [5.74, 6) is 1.53. The number of rotatable bonds is 8. The predicted octanol–water partition coefficient (Wildman–Crippen LogP) is 1.80. The van der Waals surface area contributed by atoms with Gasteiger partial charge in [-0.1, -0.05) is 20.3 Å². The van der Waals surface area contributed by atoms with E-state index >= 15 is 0 Å². The summed E-state index contributed by atoms with van der Waals surface area (Å²) >= 11 is 0. The van der Waals surface area contributed by atoms with Crippen molar-refractivity contribution in [2.24, 2.45) is 0 Å². The standard InChI is InChI=1S/C14H25N5O/c1-5-7-11-12(16-8-6-2)17-9-18-13(11)19-10(3)14(20)15-4/h9-10H,5-8H2,1-4H3,(H,15,20)(H2,16,17,18,19). The smallest absolute Gasteiger partial charge is 0.241 e. The van der Waals surface area contributed by atoms with Crippen LogP contribution in [0, 0.1) is 0 Å². The molecule has 1 aromatic heterocycles. The van der Waals surface area contributed by atoms with Crippen LogP contribution in [0.25, 0.3) is 0 Å². The van der Waals surface area contributed by atoms with Crippen LogP contribution in [0.15, 0.2) is 6.33 Å². The Morgan fingerprint density at radius 2 is 1.95 bits per heavy atom. The second-order valence-electron chi connectivity index (χ2n) is 4.71. The van der Waals surface area contributed by atoms with Crippen molar-refractivity contribution < 1.29 is 4.79 Å². The molecular formula is C14H25N5O. The van der Waals surface area contributed by atoms with Crippen molar-refractivity contribution in [3.63, 3.8) is 0 Å². The molecular weight excluding hydrogens is 254 g/mol. The van der Waals surface area contributed by atoms with E-state index in [4.69, 9.17) is 0 Å². The van der Waals surface area contributed by atoms with Gasteiger partial charge in [0, 0.05) is 19.2 Å². The Labute approximate surface area is 120 Å². The van der Waals surface area contributed by atoms with Crippen molar-refractivity contribution in [2.45, 2.75) is 46.1 Å². The van der Waals surface area contributed by atoms with Crippen LogP contribution in [0.3, 0.4) is 0 Å². The van der Waals surface area contributed by atoms with E-state index in [1.165, 1.54) is 6.33 Å². The summed E-state index contributed by atoms with van der Waals surface area (Å²) in [6.45, 7) is 6.91. The molecule has 1 unspecified atom stereocenters. The lowest BCUT2D eigenvalue weighted by molar-refractivity contribution is -0.121. The molecule has 0 radical (unpaired) electrons. The number of carbonyl (C=O) groups is 1. The minimum Gasteiger partial charge on any atom is -0.370 e. The summed E-state index contributed by atoms with van der Waals surface area (Å²) in [5, 5.41) is 9.10. The summed E-state index contributed by atoms with van der Waals surface area (Å²) < 4.78 is 0. The molecule has 0 saturated heterocycles. The molecule has 3 N–H and O–H groups in total. The fraction of sp³-hybridized carbons (Fsp3) is 0.643. The Balaban J connectivity index is 2.95. The van der Waals surface area contributed by atoms with Gasteiger partial charge in [-0.05, 0) is 19.8 Å². The highest BCUT2D eigenvalue weighted by Crippen LogP contribution is 2.22. The molecule has 0 bridgehead atoms. The van der Waals surface area contributed by atoms with Gasteiger partial charge in [0.05, 0.1) is 0 Å². The fourth-order valence-electron chi connectivity index (χ4n) is 1.91. The Morgan fingerprint density at radius 1 is 1.25 bits per heavy atom. The van der Waals surface area contributed by atoms with Crippen molar-refractivity contribution >= 4 is 17.5 Å². The van der Waals surface area contributed by atoms with Gasteiger partial charge >= 0.3 is 0 Å². The minimum atomic E-state index is -0.329. The van der Waals surface area contributed by atoms with Crippen LogP contribution in [0.2, 0.25) is 0 Å². The van der Waals surface area contributed by atoms with Crippen molar-refractivity contribution in [3.05, 3.63) is 11.9 Å². The van der Waals surface area contributed by atoms with Crippen LogP contribution in [0.5, 0.6) is 0 Å². The lowest BCUT2D eigenvalue weighted by atomic mass is 10.1. The van der Waals surface area contributed by atoms with E-state index in [9.17, 15) is 4.79 Å². The molecule has 20 heavy (non-hydrogen) atoms. The zero-order chi connectivity index (χ0) is 15.0. The average Bonchev–Trinajstić information content (AvgIpc) is 2.46. The number of aromatic nitrogens is 2. The van der Waals surface area contributed by atoms with Crippen LogP contribution < -0.4 is 16.0 Å². The molecule has 1 atom stereocenters. The molecule has 1 amide bonds. The average molecular weight is 279 g/mol. The quantitative estimate of drug-likeness (QED) is 0.676. The normalized spacial score (nSPS) is 11.8. The van der Waals surface area contributed by atoms with E-state index in [0.717, 1.165) is 43.0 Å². The Bertz CT molecular complexity index is 436. The maximum absolute atomic E-state index is 11.6. The van der Waals surface area contributed by atoms with Gasteiger partial charge in [-0.25, -0.2) is 9.97 Å². The summed E-state index contributed by atoms with van der Waals surface area (Å²) in [5.41, 5.74) is 1.04. The van der Waals surface area contributed by atoms with E-state index in [2.05, 4.69) is 39.8 Å². The second kappa shape index (κ2) is 8.35. The van der Waals surface area contributed by atoms with E-state index < -0.39 is 0 Å². The number of hydrogen-bond acceptors (Lipinski definition) is 5. The highest BCUT2D eigenvalue weighted by molar-refractivity contribution is 5.84. The Morgan fingerprint density at radius 3 is 2.55 bits per heavy atom. The van der Waals surface area contributed by atoms with Crippen molar-refractivity contribution in [2.75, 3.05) is 24.2 Å². The number of amides is 1. The van der Waals surface area contributed by atoms with Gasteiger partial charge < -0.3 is 16.0 Å². The molecule has 0 spiro atoms. The molecule has 1 heterocycles. The van der Waals surface area contributed by atoms with Crippen LogP contribution >= 0.6 is 0 Å². The summed E-state index contributed by atoms with van der Waals surface area (Å²) in [6.07, 6.45) is 4.43. The Kier molecular flexibility index (Phi) is 6.76. The number of carbonyl (C=O) groups excluding carboxylic acids is 1. The molecule has 0 fully saturated rings. The Hall–Kier alpha value is -1.85. The maximum atomic E-state index is 11.6. The van der Waals surface area contributed by atoms with Crippen molar-refractivity contribution in [1.29, 1.82) is 0 Å². The highest BCUT2D eigenvalue weighted by Gasteiger charge is 2.16. The third kappa shape index (κ3) is 4.36. The first-order chi connectivity index (χ1) is 9.63. The van der Waals surface area contributed by atoms with Gasteiger partial charge in [-0.2, -0.15) is 0 Å². The van der Waals surface area contributed by atoms with Crippen LogP contribution in [-0.4, -0.2) is 35.5 Å². The van der Waals surface area contributed by atoms with Gasteiger partial charge in [0.15, 0.2) is 0 Å². The van der Waals surface area contributed by atoms with Gasteiger partial charge in [0.25, 0.3) is 0 Å². The SMILES string of the molecule is CCCNc1ncnc(NC(C)C(=O)NC)c1CCC. The van der Waals surface area contributed by atoms with E-state index in [0.29, 0.717) is 0 Å². The fourth-order valence-corrected chi connectivity index (χ4v) is 1.91. The molecule has 0 saturated carbocycles. The molecule has 0 aromatic carbocycles. The molecule has 1 aromatic rings. The predicted molar refractivity (Wildman–Crippen MR) is 82.0 cm³/mol. The first kappa shape index (κ1) is 16.2. The summed E-state index contributed by atoms with van der Waals surface area (Å²) in [4.78, 5) is 20.2. The molecule has 6 nitrogen and oxygen atoms in total. The van der Waals surface area contributed by atoms with Crippen LogP contribution in [0.4, 0.5) is 11.6 Å². The molecule has 112 valence electrons. The van der Waals surface area contributed by atoms with Crippen LogP contribution in [-0.2, 0) is 11.2 Å². The molecule has 0 aliphatic heterocycles. The highest BCUT2D eigenvalue weighted by atomic mass is 16.2. The summed E-state index contributed by atoms with van der Waals surface area (Å²) in [6, 6.07) is -0.329. The van der Waals surface area contributed by atoms with Gasteiger partial charge in [0.2, 0.25) is 5.91 Å². The molecule has 6 heteroatoms. The first-order valence-electron chi connectivity index (χ1n) is 7.19. The maximum Gasteiger partial charge on any atom is 0.241 e. The van der Waals surface area contributed by atoms with E-state index in [1.54, 1.807) is 7.05 Å².